The van der Waals surface area contributed by atoms with E-state index in [1.165, 1.54) is 44.1 Å². The predicted molar refractivity (Wildman–Crippen MR) is 98.4 cm³/mol. The van der Waals surface area contributed by atoms with Crippen LogP contribution in [-0.2, 0) is 16.5 Å². The molecule has 1 aromatic rings. The van der Waals surface area contributed by atoms with Gasteiger partial charge in [0.25, 0.3) is 10.1 Å². The summed E-state index contributed by atoms with van der Waals surface area (Å²) in [6.45, 7) is 4.16. The molecule has 0 aromatic heterocycles. The van der Waals surface area contributed by atoms with Gasteiger partial charge in [0.05, 0.1) is 0 Å². The van der Waals surface area contributed by atoms with Crippen molar-refractivity contribution in [2.75, 3.05) is 0 Å². The SMILES string of the molecule is CCCCCCCCCc1cccc(C(CCC)S(=O)(=O)O)c1.[H-].[Na+]. The fourth-order valence-corrected chi connectivity index (χ4v) is 4.01. The monoisotopic (exact) mass is 364 g/mol. The van der Waals surface area contributed by atoms with Crippen LogP contribution in [0.2, 0.25) is 0 Å². The zero-order valence-electron chi connectivity index (χ0n) is 16.6. The van der Waals surface area contributed by atoms with Crippen LogP contribution in [-0.4, -0.2) is 13.0 Å². The van der Waals surface area contributed by atoms with Crippen LogP contribution >= 0.6 is 0 Å². The predicted octanol–water partition coefficient (Wildman–Crippen LogP) is 2.83. The molecule has 0 saturated carbocycles. The standard InChI is InChI=1S/C19H32O3S.Na.H/c1-3-5-6-7-8-9-10-13-17-14-11-15-18(16-17)19(12-4-2)23(20,21)22;;/h11,14-16,19H,3-10,12-13H2,1-2H3,(H,20,21,22);;/q;+1;-1. The van der Waals surface area contributed by atoms with Crippen molar-refractivity contribution < 1.29 is 44.0 Å². The van der Waals surface area contributed by atoms with Gasteiger partial charge in [-0.2, -0.15) is 8.42 Å². The molecule has 0 aliphatic carbocycles. The Balaban J connectivity index is 0. The molecule has 1 N–H and O–H groups in total. The fourth-order valence-electron chi connectivity index (χ4n) is 2.98. The maximum Gasteiger partial charge on any atom is 1.00 e. The molecule has 0 radical (unpaired) electrons. The quantitative estimate of drug-likeness (QED) is 0.352. The van der Waals surface area contributed by atoms with Gasteiger partial charge in [-0.15, -0.1) is 0 Å². The molecule has 0 spiro atoms. The Hall–Kier alpha value is 0.130. The molecule has 0 amide bonds. The van der Waals surface area contributed by atoms with Crippen LogP contribution in [0.1, 0.15) is 89.4 Å². The second kappa shape index (κ2) is 13.3. The van der Waals surface area contributed by atoms with Crippen LogP contribution in [0.4, 0.5) is 0 Å². The van der Waals surface area contributed by atoms with Crippen molar-refractivity contribution in [1.29, 1.82) is 0 Å². The fraction of sp³-hybridized carbons (Fsp3) is 0.684. The van der Waals surface area contributed by atoms with E-state index in [-0.39, 0.29) is 31.0 Å². The van der Waals surface area contributed by atoms with E-state index in [4.69, 9.17) is 0 Å². The van der Waals surface area contributed by atoms with Crippen LogP contribution in [0.3, 0.4) is 0 Å². The molecule has 0 aliphatic heterocycles. The minimum atomic E-state index is -4.03. The first-order valence-electron chi connectivity index (χ1n) is 9.04. The zero-order chi connectivity index (χ0) is 17.1. The molecule has 0 fully saturated rings. The average Bonchev–Trinajstić information content (AvgIpc) is 2.51. The summed E-state index contributed by atoms with van der Waals surface area (Å²) >= 11 is 0. The molecule has 0 bridgehead atoms. The van der Waals surface area contributed by atoms with E-state index in [1.54, 1.807) is 0 Å². The van der Waals surface area contributed by atoms with E-state index in [9.17, 15) is 13.0 Å². The summed E-state index contributed by atoms with van der Waals surface area (Å²) in [5, 5.41) is -0.790. The van der Waals surface area contributed by atoms with Crippen LogP contribution in [0.5, 0.6) is 0 Å². The van der Waals surface area contributed by atoms with Crippen LogP contribution in [0.25, 0.3) is 0 Å². The largest absolute Gasteiger partial charge is 1.00 e. The topological polar surface area (TPSA) is 54.4 Å². The summed E-state index contributed by atoms with van der Waals surface area (Å²) in [5.74, 6) is 0. The molecule has 24 heavy (non-hydrogen) atoms. The third-order valence-electron chi connectivity index (χ3n) is 4.30. The number of rotatable bonds is 12. The molecule has 1 unspecified atom stereocenters. The number of hydrogen-bond donors (Lipinski definition) is 1. The minimum Gasteiger partial charge on any atom is -1.00 e. The smallest absolute Gasteiger partial charge is 1.00 e. The van der Waals surface area contributed by atoms with Gasteiger partial charge < -0.3 is 1.43 Å². The number of unbranched alkanes of at least 4 members (excludes halogenated alkanes) is 6. The maximum absolute atomic E-state index is 11.6. The van der Waals surface area contributed by atoms with Gasteiger partial charge in [0.2, 0.25) is 0 Å². The van der Waals surface area contributed by atoms with Crippen LogP contribution in [0, 0.1) is 0 Å². The molecule has 0 heterocycles. The third kappa shape index (κ3) is 9.57. The Morgan fingerprint density at radius 3 is 2.21 bits per heavy atom. The summed E-state index contributed by atoms with van der Waals surface area (Å²) in [6, 6.07) is 7.71. The van der Waals surface area contributed by atoms with Crippen LogP contribution in [0.15, 0.2) is 24.3 Å². The molecule has 1 aromatic carbocycles. The Labute approximate surface area is 172 Å². The minimum absolute atomic E-state index is 0. The van der Waals surface area contributed by atoms with Gasteiger partial charge in [0.1, 0.15) is 5.25 Å². The third-order valence-corrected chi connectivity index (χ3v) is 5.53. The van der Waals surface area contributed by atoms with Gasteiger partial charge in [0, 0.05) is 0 Å². The van der Waals surface area contributed by atoms with E-state index in [0.717, 1.165) is 24.8 Å². The number of aryl methyl sites for hydroxylation is 1. The van der Waals surface area contributed by atoms with Gasteiger partial charge in [0.15, 0.2) is 0 Å². The first-order valence-corrected chi connectivity index (χ1v) is 10.5. The van der Waals surface area contributed by atoms with E-state index in [2.05, 4.69) is 6.92 Å². The van der Waals surface area contributed by atoms with Gasteiger partial charge in [-0.25, -0.2) is 0 Å². The summed E-state index contributed by atoms with van der Waals surface area (Å²) in [4.78, 5) is 0. The van der Waals surface area contributed by atoms with Crippen molar-refractivity contribution in [2.24, 2.45) is 0 Å². The van der Waals surface area contributed by atoms with Crippen molar-refractivity contribution >= 4 is 10.1 Å². The van der Waals surface area contributed by atoms with Gasteiger partial charge >= 0.3 is 29.6 Å². The van der Waals surface area contributed by atoms with Crippen molar-refractivity contribution in [3.8, 4) is 0 Å². The number of benzene rings is 1. The normalized spacial score (nSPS) is 12.6. The Bertz CT molecular complexity index is 549. The van der Waals surface area contributed by atoms with Crippen LogP contribution < -0.4 is 29.6 Å². The van der Waals surface area contributed by atoms with E-state index in [1.807, 2.05) is 31.2 Å². The van der Waals surface area contributed by atoms with Crippen molar-refractivity contribution in [2.45, 2.75) is 83.3 Å². The maximum atomic E-state index is 11.6. The number of hydrogen-bond acceptors (Lipinski definition) is 2. The Morgan fingerprint density at radius 1 is 1.00 bits per heavy atom. The van der Waals surface area contributed by atoms with E-state index >= 15 is 0 Å². The molecule has 5 heteroatoms. The summed E-state index contributed by atoms with van der Waals surface area (Å²) in [5.41, 5.74) is 1.88. The molecule has 1 atom stereocenters. The summed E-state index contributed by atoms with van der Waals surface area (Å²) < 4.78 is 32.6. The second-order valence-corrected chi connectivity index (χ2v) is 8.01. The van der Waals surface area contributed by atoms with E-state index < -0.39 is 15.4 Å². The first kappa shape index (κ1) is 24.1. The molecule has 1 rings (SSSR count). The molecule has 0 saturated heterocycles. The zero-order valence-corrected chi connectivity index (χ0v) is 18.4. The van der Waals surface area contributed by atoms with Crippen molar-refractivity contribution in [3.05, 3.63) is 35.4 Å². The molecule has 3 nitrogen and oxygen atoms in total. The molecule has 0 aliphatic rings. The molecular formula is C19H33NaO3S. The van der Waals surface area contributed by atoms with Crippen molar-refractivity contribution in [1.82, 2.24) is 0 Å². The van der Waals surface area contributed by atoms with Gasteiger partial charge in [-0.05, 0) is 30.4 Å². The molecule has 134 valence electrons. The summed E-state index contributed by atoms with van der Waals surface area (Å²) in [7, 11) is -4.03. The molecular weight excluding hydrogens is 331 g/mol. The van der Waals surface area contributed by atoms with Gasteiger partial charge in [-0.3, -0.25) is 4.55 Å². The second-order valence-electron chi connectivity index (χ2n) is 6.41. The van der Waals surface area contributed by atoms with Crippen molar-refractivity contribution in [3.63, 3.8) is 0 Å². The van der Waals surface area contributed by atoms with Gasteiger partial charge in [-0.1, -0.05) is 83.1 Å². The summed E-state index contributed by atoms with van der Waals surface area (Å²) in [6.07, 6.45) is 11.1. The Morgan fingerprint density at radius 2 is 1.62 bits per heavy atom. The Kier molecular flexibility index (Phi) is 13.4. The van der Waals surface area contributed by atoms with E-state index in [0.29, 0.717) is 6.42 Å². The average molecular weight is 365 g/mol. The first-order chi connectivity index (χ1) is 11.0.